The van der Waals surface area contributed by atoms with Crippen LogP contribution in [0.15, 0.2) is 48.5 Å². The molecule has 3 rings (SSSR count). The second-order valence-corrected chi connectivity index (χ2v) is 11.3. The molecule has 39 heavy (non-hydrogen) atoms. The lowest BCUT2D eigenvalue weighted by molar-refractivity contribution is 0.140. The maximum absolute atomic E-state index is 10.2. The Morgan fingerprint density at radius 3 is 2.08 bits per heavy atom. The molecule has 0 bridgehead atoms. The van der Waals surface area contributed by atoms with Crippen molar-refractivity contribution in [2.75, 3.05) is 13.2 Å². The number of rotatable bonds is 18. The van der Waals surface area contributed by atoms with Gasteiger partial charge in [-0.2, -0.15) is 0 Å². The average Bonchev–Trinajstić information content (AvgIpc) is 2.96. The number of aliphatic hydroxyl groups is 2. The van der Waals surface area contributed by atoms with Crippen molar-refractivity contribution in [1.82, 2.24) is 0 Å². The fraction of sp³-hybridized carbons (Fsp3) is 0.600. The van der Waals surface area contributed by atoms with Crippen LogP contribution in [-0.2, 0) is 0 Å². The fourth-order valence-corrected chi connectivity index (χ4v) is 5.57. The van der Waals surface area contributed by atoms with Crippen molar-refractivity contribution in [2.45, 2.75) is 122 Å². The van der Waals surface area contributed by atoms with Crippen molar-refractivity contribution in [3.05, 3.63) is 65.2 Å². The molecule has 1 aliphatic carbocycles. The number of allylic oxidation sites excluding steroid dienone is 2. The van der Waals surface area contributed by atoms with Crippen molar-refractivity contribution in [3.8, 4) is 11.5 Å². The molecular weight excluding hydrogens is 484 g/mol. The highest BCUT2D eigenvalue weighted by Gasteiger charge is 2.22. The third-order valence-electron chi connectivity index (χ3n) is 7.98. The van der Waals surface area contributed by atoms with Crippen molar-refractivity contribution >= 4 is 5.57 Å². The van der Waals surface area contributed by atoms with Crippen molar-refractivity contribution < 1.29 is 19.7 Å². The quantitative estimate of drug-likeness (QED) is 0.187. The van der Waals surface area contributed by atoms with Gasteiger partial charge in [-0.1, -0.05) is 82.0 Å². The minimum atomic E-state index is -0.216. The van der Waals surface area contributed by atoms with Crippen LogP contribution < -0.4 is 9.47 Å². The van der Waals surface area contributed by atoms with E-state index in [0.29, 0.717) is 19.1 Å². The first-order chi connectivity index (χ1) is 19.0. The summed E-state index contributed by atoms with van der Waals surface area (Å²) in [7, 11) is 0. The zero-order valence-corrected chi connectivity index (χ0v) is 24.7. The van der Waals surface area contributed by atoms with Crippen LogP contribution in [-0.4, -0.2) is 35.6 Å². The SMILES string of the molecule is CCCCC(O)CCCOc1ccccc1C1CC=C(c2cccc(C)c2OCCCC(O)CCCC)CC1. The molecule has 0 fully saturated rings. The number of hydrogen-bond donors (Lipinski definition) is 2. The van der Waals surface area contributed by atoms with Crippen molar-refractivity contribution in [1.29, 1.82) is 0 Å². The van der Waals surface area contributed by atoms with E-state index in [0.717, 1.165) is 95.0 Å². The fourth-order valence-electron chi connectivity index (χ4n) is 5.57. The summed E-state index contributed by atoms with van der Waals surface area (Å²) in [5.41, 5.74) is 5.04. The van der Waals surface area contributed by atoms with Gasteiger partial charge in [0.1, 0.15) is 11.5 Å². The van der Waals surface area contributed by atoms with Gasteiger partial charge in [-0.3, -0.25) is 0 Å². The van der Waals surface area contributed by atoms with Gasteiger partial charge in [0.15, 0.2) is 0 Å². The number of aliphatic hydroxyl groups excluding tert-OH is 2. The first kappa shape index (κ1) is 31.2. The van der Waals surface area contributed by atoms with E-state index in [2.05, 4.69) is 69.3 Å². The van der Waals surface area contributed by atoms with Crippen LogP contribution in [0.4, 0.5) is 0 Å². The summed E-state index contributed by atoms with van der Waals surface area (Å²) in [6.45, 7) is 7.73. The molecule has 0 heterocycles. The standard InChI is InChI=1S/C35H52O4/c1-4-6-14-30(36)16-11-25-38-34-20-9-8-18-32(34)28-21-23-29(24-22-28)33-19-10-13-27(3)35(33)39-26-12-17-31(37)15-7-5-2/h8-10,13,18-20,23,28,30-31,36-37H,4-7,11-12,14-17,21-22,24-26H2,1-3H3. The van der Waals surface area contributed by atoms with E-state index in [1.165, 1.54) is 22.3 Å². The summed E-state index contributed by atoms with van der Waals surface area (Å²) in [5.74, 6) is 2.43. The third-order valence-corrected chi connectivity index (χ3v) is 7.98. The van der Waals surface area contributed by atoms with Gasteiger partial charge >= 0.3 is 0 Å². The van der Waals surface area contributed by atoms with E-state index in [1.54, 1.807) is 0 Å². The minimum Gasteiger partial charge on any atom is -0.493 e. The monoisotopic (exact) mass is 536 g/mol. The van der Waals surface area contributed by atoms with Gasteiger partial charge in [-0.15, -0.1) is 0 Å². The van der Waals surface area contributed by atoms with Gasteiger partial charge in [0, 0.05) is 5.56 Å². The largest absolute Gasteiger partial charge is 0.493 e. The highest BCUT2D eigenvalue weighted by atomic mass is 16.5. The topological polar surface area (TPSA) is 58.9 Å². The van der Waals surface area contributed by atoms with Crippen LogP contribution in [0.5, 0.6) is 11.5 Å². The van der Waals surface area contributed by atoms with Gasteiger partial charge in [0.05, 0.1) is 25.4 Å². The molecule has 2 N–H and O–H groups in total. The number of aryl methyl sites for hydroxylation is 1. The average molecular weight is 537 g/mol. The van der Waals surface area contributed by atoms with Crippen LogP contribution in [0.25, 0.3) is 5.57 Å². The second-order valence-electron chi connectivity index (χ2n) is 11.3. The van der Waals surface area contributed by atoms with E-state index in [9.17, 15) is 10.2 Å². The molecule has 0 aromatic heterocycles. The Hall–Kier alpha value is -2.30. The summed E-state index contributed by atoms with van der Waals surface area (Å²) in [6, 6.07) is 14.9. The lowest BCUT2D eigenvalue weighted by atomic mass is 9.82. The molecule has 0 amide bonds. The summed E-state index contributed by atoms with van der Waals surface area (Å²) in [4.78, 5) is 0. The van der Waals surface area contributed by atoms with E-state index in [-0.39, 0.29) is 12.2 Å². The lowest BCUT2D eigenvalue weighted by Crippen LogP contribution is -2.11. The highest BCUT2D eigenvalue weighted by molar-refractivity contribution is 5.72. The lowest BCUT2D eigenvalue weighted by Gasteiger charge is -2.26. The van der Waals surface area contributed by atoms with Gasteiger partial charge < -0.3 is 19.7 Å². The smallest absolute Gasteiger partial charge is 0.129 e. The molecule has 3 unspecified atom stereocenters. The molecule has 1 aliphatic rings. The summed E-state index contributed by atoms with van der Waals surface area (Å²) in [5, 5.41) is 20.3. The van der Waals surface area contributed by atoms with Gasteiger partial charge in [-0.05, 0) is 93.4 Å². The van der Waals surface area contributed by atoms with E-state index >= 15 is 0 Å². The van der Waals surface area contributed by atoms with Crippen LogP contribution in [0.2, 0.25) is 0 Å². The number of benzene rings is 2. The zero-order valence-electron chi connectivity index (χ0n) is 24.7. The Kier molecular flexibility index (Phi) is 13.9. The Morgan fingerprint density at radius 2 is 1.44 bits per heavy atom. The Balaban J connectivity index is 1.56. The van der Waals surface area contributed by atoms with Crippen LogP contribution >= 0.6 is 0 Å². The molecule has 4 nitrogen and oxygen atoms in total. The van der Waals surface area contributed by atoms with Gasteiger partial charge in [0.25, 0.3) is 0 Å². The third kappa shape index (κ3) is 10.3. The normalized spacial score (nSPS) is 16.9. The van der Waals surface area contributed by atoms with E-state index < -0.39 is 0 Å². The van der Waals surface area contributed by atoms with Crippen molar-refractivity contribution in [3.63, 3.8) is 0 Å². The molecule has 216 valence electrons. The summed E-state index contributed by atoms with van der Waals surface area (Å²) in [6.07, 6.45) is 14.6. The molecule has 3 atom stereocenters. The zero-order chi connectivity index (χ0) is 27.9. The molecule has 0 aliphatic heterocycles. The number of unbranched alkanes of at least 4 members (excludes halogenated alkanes) is 2. The Morgan fingerprint density at radius 1 is 0.795 bits per heavy atom. The number of para-hydroxylation sites is 2. The minimum absolute atomic E-state index is 0.210. The maximum Gasteiger partial charge on any atom is 0.129 e. The molecular formula is C35H52O4. The maximum atomic E-state index is 10.2. The molecule has 4 heteroatoms. The Bertz CT molecular complexity index is 998. The Labute approximate surface area is 237 Å². The molecule has 2 aromatic rings. The molecule has 0 spiro atoms. The summed E-state index contributed by atoms with van der Waals surface area (Å²) >= 11 is 0. The second kappa shape index (κ2) is 17.4. The first-order valence-corrected chi connectivity index (χ1v) is 15.5. The van der Waals surface area contributed by atoms with Crippen LogP contribution in [0, 0.1) is 6.92 Å². The predicted molar refractivity (Wildman–Crippen MR) is 163 cm³/mol. The molecule has 0 saturated carbocycles. The van der Waals surface area contributed by atoms with Gasteiger partial charge in [-0.25, -0.2) is 0 Å². The van der Waals surface area contributed by atoms with Crippen LogP contribution in [0.3, 0.4) is 0 Å². The van der Waals surface area contributed by atoms with E-state index in [1.807, 2.05) is 0 Å². The van der Waals surface area contributed by atoms with E-state index in [4.69, 9.17) is 9.47 Å². The molecule has 0 radical (unpaired) electrons. The highest BCUT2D eigenvalue weighted by Crippen LogP contribution is 2.42. The molecule has 0 saturated heterocycles. The summed E-state index contributed by atoms with van der Waals surface area (Å²) < 4.78 is 12.5. The first-order valence-electron chi connectivity index (χ1n) is 15.5. The molecule has 2 aromatic carbocycles. The van der Waals surface area contributed by atoms with Gasteiger partial charge in [0.2, 0.25) is 0 Å². The predicted octanol–water partition coefficient (Wildman–Crippen LogP) is 8.77. The number of hydrogen-bond acceptors (Lipinski definition) is 4. The van der Waals surface area contributed by atoms with Crippen LogP contribution in [0.1, 0.15) is 120 Å². The number of ether oxygens (including phenoxy) is 2. The van der Waals surface area contributed by atoms with Crippen molar-refractivity contribution in [2.24, 2.45) is 0 Å².